The van der Waals surface area contributed by atoms with Crippen molar-refractivity contribution in [3.05, 3.63) is 34.9 Å². The molecule has 172 valence electrons. The van der Waals surface area contributed by atoms with Gasteiger partial charge in [0.1, 0.15) is 0 Å². The predicted molar refractivity (Wildman–Crippen MR) is 112 cm³/mol. The van der Waals surface area contributed by atoms with Crippen LogP contribution in [0.25, 0.3) is 0 Å². The minimum Gasteiger partial charge on any atom is -0.381 e. The summed E-state index contributed by atoms with van der Waals surface area (Å²) in [6.45, 7) is 6.40. The molecule has 1 saturated carbocycles. The normalized spacial score (nSPS) is 27.5. The van der Waals surface area contributed by atoms with Crippen molar-refractivity contribution in [2.75, 3.05) is 19.8 Å². The highest BCUT2D eigenvalue weighted by Gasteiger charge is 2.50. The highest BCUT2D eigenvalue weighted by molar-refractivity contribution is 5.84. The van der Waals surface area contributed by atoms with E-state index in [0.29, 0.717) is 29.8 Å². The fraction of sp³-hybridized carbons (Fsp3) is 0.708. The fourth-order valence-corrected chi connectivity index (χ4v) is 5.74. The third-order valence-corrected chi connectivity index (χ3v) is 7.63. The Kier molecular flexibility index (Phi) is 6.37. The number of rotatable bonds is 4. The van der Waals surface area contributed by atoms with Gasteiger partial charge in [0.25, 0.3) is 0 Å². The molecule has 1 N–H and O–H groups in total. The van der Waals surface area contributed by atoms with Gasteiger partial charge in [-0.1, -0.05) is 26.0 Å². The maximum absolute atomic E-state index is 13.7. The van der Waals surface area contributed by atoms with Gasteiger partial charge in [-0.25, -0.2) is 0 Å². The Morgan fingerprint density at radius 3 is 2.61 bits per heavy atom. The van der Waals surface area contributed by atoms with Crippen LogP contribution in [0.5, 0.6) is 0 Å². The number of ether oxygens (including phenoxy) is 1. The molecule has 0 bridgehead atoms. The van der Waals surface area contributed by atoms with E-state index in [1.807, 2.05) is 0 Å². The summed E-state index contributed by atoms with van der Waals surface area (Å²) in [4.78, 5) is 15.6. The molecular weight excluding hydrogens is 405 g/mol. The van der Waals surface area contributed by atoms with Gasteiger partial charge in [-0.3, -0.25) is 4.79 Å². The Bertz CT molecular complexity index is 805. The summed E-state index contributed by atoms with van der Waals surface area (Å²) in [5.41, 5.74) is -0.0225. The number of hydrogen-bond acceptors (Lipinski definition) is 3. The number of alkyl halides is 3. The smallest absolute Gasteiger partial charge is 0.381 e. The van der Waals surface area contributed by atoms with Crippen LogP contribution in [-0.2, 0) is 28.7 Å². The zero-order valence-electron chi connectivity index (χ0n) is 18.4. The molecule has 1 aliphatic carbocycles. The molecule has 31 heavy (non-hydrogen) atoms. The van der Waals surface area contributed by atoms with E-state index < -0.39 is 17.2 Å². The average molecular weight is 439 g/mol. The van der Waals surface area contributed by atoms with Crippen molar-refractivity contribution in [1.29, 1.82) is 0 Å². The van der Waals surface area contributed by atoms with Crippen LogP contribution in [0.1, 0.15) is 62.6 Å². The van der Waals surface area contributed by atoms with Crippen molar-refractivity contribution >= 4 is 5.91 Å². The molecule has 1 saturated heterocycles. The maximum atomic E-state index is 13.7. The van der Waals surface area contributed by atoms with Crippen molar-refractivity contribution in [2.45, 2.75) is 77.2 Å². The second kappa shape index (κ2) is 8.74. The van der Waals surface area contributed by atoms with Crippen LogP contribution in [0.3, 0.4) is 0 Å². The Hall–Kier alpha value is -1.60. The SMILES string of the molecule is CC(C)[C@]1(C(=O)N2CCc3c(cccc3C(F)(F)F)C2)CCC(NC2CCOCC2)C1. The van der Waals surface area contributed by atoms with Crippen molar-refractivity contribution in [3.63, 3.8) is 0 Å². The minimum absolute atomic E-state index is 0.113. The molecule has 2 aliphatic heterocycles. The number of carbonyl (C=O) groups is 1. The van der Waals surface area contributed by atoms with Gasteiger partial charge in [-0.15, -0.1) is 0 Å². The van der Waals surface area contributed by atoms with E-state index in [2.05, 4.69) is 19.2 Å². The molecule has 0 spiro atoms. The fourth-order valence-electron chi connectivity index (χ4n) is 5.74. The standard InChI is InChI=1S/C24H33F3N2O2/c1-16(2)23(10-6-19(14-23)28-18-8-12-31-13-9-18)22(30)29-11-7-20-17(15-29)4-3-5-21(20)24(25,26)27/h3-5,16,18-19,28H,6-15H2,1-2H3/t19?,23-/m0/s1. The van der Waals surface area contributed by atoms with E-state index in [9.17, 15) is 18.0 Å². The summed E-state index contributed by atoms with van der Waals surface area (Å²) in [5, 5.41) is 3.75. The molecular formula is C24H33F3N2O2. The summed E-state index contributed by atoms with van der Waals surface area (Å²) >= 11 is 0. The quantitative estimate of drug-likeness (QED) is 0.750. The van der Waals surface area contributed by atoms with E-state index in [-0.39, 0.29) is 24.8 Å². The first-order chi connectivity index (χ1) is 14.7. The first-order valence-electron chi connectivity index (χ1n) is 11.5. The Labute approximate surface area is 182 Å². The first-order valence-corrected chi connectivity index (χ1v) is 11.5. The number of fused-ring (bicyclic) bond motifs is 1. The van der Waals surface area contributed by atoms with Gasteiger partial charge >= 0.3 is 6.18 Å². The van der Waals surface area contributed by atoms with Gasteiger partial charge < -0.3 is 15.0 Å². The van der Waals surface area contributed by atoms with Gasteiger partial charge in [-0.2, -0.15) is 13.2 Å². The average Bonchev–Trinajstić information content (AvgIpc) is 3.17. The van der Waals surface area contributed by atoms with Crippen molar-refractivity contribution in [3.8, 4) is 0 Å². The summed E-state index contributed by atoms with van der Waals surface area (Å²) in [6.07, 6.45) is 0.500. The summed E-state index contributed by atoms with van der Waals surface area (Å²) in [6, 6.07) is 5.09. The summed E-state index contributed by atoms with van der Waals surface area (Å²) < 4.78 is 45.6. The van der Waals surface area contributed by atoms with Crippen molar-refractivity contribution < 1.29 is 22.7 Å². The zero-order valence-corrected chi connectivity index (χ0v) is 18.4. The van der Waals surface area contributed by atoms with Crippen LogP contribution in [0.2, 0.25) is 0 Å². The van der Waals surface area contributed by atoms with Crippen molar-refractivity contribution in [2.24, 2.45) is 11.3 Å². The zero-order chi connectivity index (χ0) is 22.2. The van der Waals surface area contributed by atoms with E-state index >= 15 is 0 Å². The molecule has 2 atom stereocenters. The molecule has 1 aromatic carbocycles. The van der Waals surface area contributed by atoms with Gasteiger partial charge in [-0.05, 0) is 61.6 Å². The molecule has 4 rings (SSSR count). The Balaban J connectivity index is 1.49. The topological polar surface area (TPSA) is 41.6 Å². The number of carbonyl (C=O) groups excluding carboxylic acids is 1. The second-order valence-corrected chi connectivity index (χ2v) is 9.72. The van der Waals surface area contributed by atoms with Crippen LogP contribution in [0, 0.1) is 11.3 Å². The molecule has 1 unspecified atom stereocenters. The highest BCUT2D eigenvalue weighted by atomic mass is 19.4. The number of halogens is 3. The molecule has 2 heterocycles. The van der Waals surface area contributed by atoms with Gasteiger partial charge in [0.2, 0.25) is 5.91 Å². The van der Waals surface area contributed by atoms with Crippen molar-refractivity contribution in [1.82, 2.24) is 10.2 Å². The predicted octanol–water partition coefficient (Wildman–Crippen LogP) is 4.55. The molecule has 3 aliphatic rings. The minimum atomic E-state index is -4.36. The van der Waals surface area contributed by atoms with Crippen LogP contribution >= 0.6 is 0 Å². The number of nitrogens with one attached hydrogen (secondary N) is 1. The monoisotopic (exact) mass is 438 g/mol. The van der Waals surface area contributed by atoms with Crippen LogP contribution < -0.4 is 5.32 Å². The second-order valence-electron chi connectivity index (χ2n) is 9.72. The number of hydrogen-bond donors (Lipinski definition) is 1. The number of benzene rings is 1. The number of nitrogens with zero attached hydrogens (tertiary/aromatic N) is 1. The lowest BCUT2D eigenvalue weighted by atomic mass is 9.73. The van der Waals surface area contributed by atoms with Gasteiger partial charge in [0, 0.05) is 38.4 Å². The van der Waals surface area contributed by atoms with E-state index in [1.165, 1.54) is 6.07 Å². The third-order valence-electron chi connectivity index (χ3n) is 7.63. The van der Waals surface area contributed by atoms with Crippen LogP contribution in [0.4, 0.5) is 13.2 Å². The molecule has 2 fully saturated rings. The Morgan fingerprint density at radius 2 is 1.94 bits per heavy atom. The lowest BCUT2D eigenvalue weighted by molar-refractivity contribution is -0.146. The van der Waals surface area contributed by atoms with E-state index in [4.69, 9.17) is 4.74 Å². The molecule has 1 aromatic rings. The summed E-state index contributed by atoms with van der Waals surface area (Å²) in [7, 11) is 0. The molecule has 0 aromatic heterocycles. The van der Waals surface area contributed by atoms with E-state index in [0.717, 1.165) is 51.4 Å². The first kappa shape index (κ1) is 22.6. The van der Waals surface area contributed by atoms with Gasteiger partial charge in [0.05, 0.1) is 11.0 Å². The molecule has 7 heteroatoms. The largest absolute Gasteiger partial charge is 0.416 e. The van der Waals surface area contributed by atoms with E-state index in [1.54, 1.807) is 11.0 Å². The Morgan fingerprint density at radius 1 is 1.19 bits per heavy atom. The summed E-state index contributed by atoms with van der Waals surface area (Å²) in [5.74, 6) is 0.297. The van der Waals surface area contributed by atoms with Crippen LogP contribution in [-0.4, -0.2) is 42.6 Å². The molecule has 0 radical (unpaired) electrons. The van der Waals surface area contributed by atoms with Crippen LogP contribution in [0.15, 0.2) is 18.2 Å². The third kappa shape index (κ3) is 4.49. The lowest BCUT2D eigenvalue weighted by Gasteiger charge is -2.40. The highest BCUT2D eigenvalue weighted by Crippen LogP contribution is 2.47. The lowest BCUT2D eigenvalue weighted by Crippen LogP contribution is -2.49. The molecule has 1 amide bonds. The van der Waals surface area contributed by atoms with Gasteiger partial charge in [0.15, 0.2) is 0 Å². The number of amides is 1. The maximum Gasteiger partial charge on any atom is 0.416 e. The molecule has 4 nitrogen and oxygen atoms in total.